The van der Waals surface area contributed by atoms with Crippen molar-refractivity contribution in [1.82, 2.24) is 19.5 Å². The van der Waals surface area contributed by atoms with Gasteiger partial charge in [0.05, 0.1) is 6.33 Å². The first-order valence-electron chi connectivity index (χ1n) is 5.51. The summed E-state index contributed by atoms with van der Waals surface area (Å²) in [4.78, 5) is 11.2. The van der Waals surface area contributed by atoms with Crippen molar-refractivity contribution < 1.29 is 14.6 Å². The van der Waals surface area contributed by atoms with Crippen molar-refractivity contribution in [2.75, 3.05) is 18.9 Å². The van der Waals surface area contributed by atoms with Gasteiger partial charge in [0.25, 0.3) is 0 Å². The van der Waals surface area contributed by atoms with Crippen LogP contribution in [-0.4, -0.2) is 42.9 Å². The molecule has 4 N–H and O–H groups in total. The van der Waals surface area contributed by atoms with Gasteiger partial charge in [-0.25, -0.2) is 4.98 Å². The Labute approximate surface area is 102 Å². The van der Waals surface area contributed by atoms with Crippen molar-refractivity contribution >= 4 is 17.1 Å². The number of anilines is 1. The third kappa shape index (κ3) is 2.39. The molecule has 0 saturated carbocycles. The second-order valence-electron chi connectivity index (χ2n) is 4.00. The van der Waals surface area contributed by atoms with E-state index in [2.05, 4.69) is 15.0 Å². The van der Waals surface area contributed by atoms with Crippen LogP contribution in [0, 0.1) is 11.9 Å². The van der Waals surface area contributed by atoms with Crippen molar-refractivity contribution in [3.05, 3.63) is 12.3 Å². The normalized spacial score (nSPS) is 11.6. The third-order valence-electron chi connectivity index (χ3n) is 2.73. The fraction of sp³-hybridized carbons (Fsp3) is 0.500. The first-order valence-corrected chi connectivity index (χ1v) is 5.51. The van der Waals surface area contributed by atoms with Crippen LogP contribution in [0.4, 0.5) is 10.3 Å². The maximum absolute atomic E-state index is 13.4. The molecule has 18 heavy (non-hydrogen) atoms. The zero-order chi connectivity index (χ0) is 13.1. The Bertz CT molecular complexity index is 540. The summed E-state index contributed by atoms with van der Waals surface area (Å²) >= 11 is 0. The van der Waals surface area contributed by atoms with E-state index in [1.54, 1.807) is 4.57 Å². The highest BCUT2D eigenvalue weighted by Gasteiger charge is 2.13. The van der Waals surface area contributed by atoms with Crippen molar-refractivity contribution in [2.45, 2.75) is 13.0 Å². The first kappa shape index (κ1) is 12.7. The third-order valence-corrected chi connectivity index (χ3v) is 2.73. The highest BCUT2D eigenvalue weighted by molar-refractivity contribution is 5.71. The van der Waals surface area contributed by atoms with E-state index in [1.165, 1.54) is 6.33 Å². The average molecular weight is 254 g/mol. The van der Waals surface area contributed by atoms with Crippen LogP contribution in [0.3, 0.4) is 0 Å². The van der Waals surface area contributed by atoms with Gasteiger partial charge >= 0.3 is 0 Å². The van der Waals surface area contributed by atoms with Gasteiger partial charge in [-0.2, -0.15) is 14.4 Å². The second kappa shape index (κ2) is 5.23. The van der Waals surface area contributed by atoms with Crippen LogP contribution in [0.15, 0.2) is 6.33 Å². The number of aromatic nitrogens is 4. The molecule has 2 heterocycles. The van der Waals surface area contributed by atoms with Crippen molar-refractivity contribution in [3.63, 3.8) is 0 Å². The lowest BCUT2D eigenvalue weighted by Gasteiger charge is -2.11. The van der Waals surface area contributed by atoms with E-state index in [-0.39, 0.29) is 30.6 Å². The quantitative estimate of drug-likeness (QED) is 0.623. The molecule has 0 aliphatic rings. The zero-order valence-corrected chi connectivity index (χ0v) is 9.62. The molecule has 2 rings (SSSR count). The number of hydrogen-bond donors (Lipinski definition) is 3. The number of aliphatic hydroxyl groups is 2. The summed E-state index contributed by atoms with van der Waals surface area (Å²) in [6.45, 7) is 0.251. The van der Waals surface area contributed by atoms with E-state index >= 15 is 0 Å². The molecule has 8 heteroatoms. The van der Waals surface area contributed by atoms with Gasteiger partial charge in [-0.15, -0.1) is 0 Å². The van der Waals surface area contributed by atoms with Crippen molar-refractivity contribution in [2.24, 2.45) is 5.92 Å². The number of halogens is 1. The molecule has 0 saturated heterocycles. The Morgan fingerprint density at radius 2 is 2.06 bits per heavy atom. The van der Waals surface area contributed by atoms with Crippen molar-refractivity contribution in [1.29, 1.82) is 0 Å². The summed E-state index contributed by atoms with van der Waals surface area (Å²) in [5.41, 5.74) is 5.76. The number of imidazole rings is 1. The van der Waals surface area contributed by atoms with E-state index in [0.29, 0.717) is 18.6 Å². The van der Waals surface area contributed by atoms with Gasteiger partial charge in [-0.3, -0.25) is 0 Å². The number of rotatable bonds is 5. The summed E-state index contributed by atoms with van der Waals surface area (Å²) in [5, 5.41) is 17.9. The molecule has 2 aromatic rings. The Balaban J connectivity index is 2.24. The number of fused-ring (bicyclic) bond motifs is 1. The maximum Gasteiger partial charge on any atom is 0.245 e. The lowest BCUT2D eigenvalue weighted by atomic mass is 10.1. The fourth-order valence-corrected chi connectivity index (χ4v) is 1.65. The largest absolute Gasteiger partial charge is 0.396 e. The summed E-state index contributed by atoms with van der Waals surface area (Å²) in [5.74, 6) is -1.12. The minimum Gasteiger partial charge on any atom is -0.396 e. The molecule has 0 fully saturated rings. The second-order valence-corrected chi connectivity index (χ2v) is 4.00. The fourth-order valence-electron chi connectivity index (χ4n) is 1.65. The predicted molar refractivity (Wildman–Crippen MR) is 62.0 cm³/mol. The molecule has 0 amide bonds. The summed E-state index contributed by atoms with van der Waals surface area (Å²) < 4.78 is 15.0. The molecule has 0 unspecified atom stereocenters. The first-order chi connectivity index (χ1) is 8.65. The number of nitrogens with zero attached hydrogens (tertiary/aromatic N) is 4. The molecule has 0 aliphatic heterocycles. The van der Waals surface area contributed by atoms with Gasteiger partial charge in [0.2, 0.25) is 11.9 Å². The number of aliphatic hydroxyl groups excluding tert-OH is 2. The monoisotopic (exact) mass is 254 g/mol. The maximum atomic E-state index is 13.4. The van der Waals surface area contributed by atoms with E-state index in [9.17, 15) is 4.39 Å². The van der Waals surface area contributed by atoms with Gasteiger partial charge in [0.15, 0.2) is 11.2 Å². The van der Waals surface area contributed by atoms with Crippen LogP contribution in [0.5, 0.6) is 0 Å². The molecule has 0 aromatic carbocycles. The smallest absolute Gasteiger partial charge is 0.245 e. The Morgan fingerprint density at radius 1 is 1.33 bits per heavy atom. The van der Waals surface area contributed by atoms with Crippen LogP contribution in [0.1, 0.15) is 6.42 Å². The number of nitrogen functional groups attached to an aromatic ring is 1. The molecule has 0 aliphatic carbocycles. The zero-order valence-electron chi connectivity index (χ0n) is 9.62. The van der Waals surface area contributed by atoms with E-state index in [1.807, 2.05) is 0 Å². The molecule has 2 aromatic heterocycles. The van der Waals surface area contributed by atoms with Gasteiger partial charge in [0.1, 0.15) is 0 Å². The average Bonchev–Trinajstić information content (AvgIpc) is 2.74. The van der Waals surface area contributed by atoms with Gasteiger partial charge in [-0.1, -0.05) is 0 Å². The SMILES string of the molecule is Nc1nc([18F])c2ncn(CCC(CO)CO)c2n1. The number of aryl methyl sites for hydroxylation is 1. The molecular weight excluding hydrogens is 240 g/mol. The Hall–Kier alpha value is -1.80. The molecule has 98 valence electrons. The van der Waals surface area contributed by atoms with Gasteiger partial charge in [0, 0.05) is 25.7 Å². The number of nitrogens with two attached hydrogens (primary N) is 1. The van der Waals surface area contributed by atoms with Crippen LogP contribution >= 0.6 is 0 Å². The topological polar surface area (TPSA) is 110 Å². The minimum atomic E-state index is -0.753. The lowest BCUT2D eigenvalue weighted by molar-refractivity contribution is 0.140. The minimum absolute atomic E-state index is 0.0637. The molecule has 0 bridgehead atoms. The summed E-state index contributed by atoms with van der Waals surface area (Å²) in [7, 11) is 0. The van der Waals surface area contributed by atoms with E-state index in [0.717, 1.165) is 0 Å². The van der Waals surface area contributed by atoms with E-state index < -0.39 is 5.95 Å². The Morgan fingerprint density at radius 3 is 2.72 bits per heavy atom. The van der Waals surface area contributed by atoms with Gasteiger partial charge < -0.3 is 20.5 Å². The summed E-state index contributed by atoms with van der Waals surface area (Å²) in [6.07, 6.45) is 1.97. The molecular formula is C10H14FN5O2. The van der Waals surface area contributed by atoms with Crippen LogP contribution in [0.2, 0.25) is 0 Å². The molecule has 0 radical (unpaired) electrons. The van der Waals surface area contributed by atoms with Crippen LogP contribution in [0.25, 0.3) is 11.2 Å². The lowest BCUT2D eigenvalue weighted by Crippen LogP contribution is -2.14. The van der Waals surface area contributed by atoms with Crippen LogP contribution < -0.4 is 5.73 Å². The van der Waals surface area contributed by atoms with Crippen molar-refractivity contribution in [3.8, 4) is 0 Å². The molecule has 0 spiro atoms. The highest BCUT2D eigenvalue weighted by Crippen LogP contribution is 2.15. The highest BCUT2D eigenvalue weighted by atomic mass is 18.2. The number of hydrogen-bond acceptors (Lipinski definition) is 6. The van der Waals surface area contributed by atoms with Crippen LogP contribution in [-0.2, 0) is 6.54 Å². The molecule has 7 nitrogen and oxygen atoms in total. The van der Waals surface area contributed by atoms with Gasteiger partial charge in [-0.05, 0) is 6.42 Å². The standard InChI is InChI=1S/C10H14FN5O2/c11-8-7-9(15-10(12)14-8)16(5-13-7)2-1-6(3-17)4-18/h5-6,17-18H,1-4H2,(H2,12,14,15)/i11-1. The predicted octanol–water partition coefficient (Wildman–Crippen LogP) is -0.461. The Kier molecular flexibility index (Phi) is 3.68. The summed E-state index contributed by atoms with van der Waals surface area (Å²) in [6, 6.07) is 0. The van der Waals surface area contributed by atoms with E-state index in [4.69, 9.17) is 15.9 Å². The molecule has 0 atom stereocenters.